The highest BCUT2D eigenvalue weighted by Gasteiger charge is 2.08. The van der Waals surface area contributed by atoms with E-state index in [-0.39, 0.29) is 19.2 Å². The molecule has 0 fully saturated rings. The Morgan fingerprint density at radius 3 is 2.67 bits per heavy atom. The van der Waals surface area contributed by atoms with Crippen LogP contribution in [0.5, 0.6) is 5.88 Å². The highest BCUT2D eigenvalue weighted by atomic mass is 16.5. The molecule has 0 radical (unpaired) electrons. The molecule has 0 amide bonds. The van der Waals surface area contributed by atoms with Crippen LogP contribution in [0, 0.1) is 0 Å². The van der Waals surface area contributed by atoms with E-state index in [0.29, 0.717) is 11.7 Å². The summed E-state index contributed by atoms with van der Waals surface area (Å²) in [4.78, 5) is 7.66. The second kappa shape index (κ2) is 5.32. The lowest BCUT2D eigenvalue weighted by atomic mass is 10.3. The molecule has 0 aromatic carbocycles. The minimum Gasteiger partial charge on any atom is -0.481 e. The molecule has 1 heterocycles. The fourth-order valence-corrected chi connectivity index (χ4v) is 0.979. The van der Waals surface area contributed by atoms with Crippen molar-refractivity contribution in [1.82, 2.24) is 9.97 Å². The van der Waals surface area contributed by atoms with E-state index in [1.807, 2.05) is 0 Å². The van der Waals surface area contributed by atoms with E-state index in [2.05, 4.69) is 15.3 Å². The van der Waals surface area contributed by atoms with Crippen molar-refractivity contribution in [3.05, 3.63) is 6.07 Å². The largest absolute Gasteiger partial charge is 0.481 e. The predicted octanol–water partition coefficient (Wildman–Crippen LogP) is -1.17. The number of aromatic nitrogens is 2. The molecule has 0 saturated carbocycles. The zero-order valence-electron chi connectivity index (χ0n) is 8.34. The van der Waals surface area contributed by atoms with E-state index in [1.54, 1.807) is 0 Å². The lowest BCUT2D eigenvalue weighted by Crippen LogP contribution is -2.28. The second-order valence-electron chi connectivity index (χ2n) is 2.86. The van der Waals surface area contributed by atoms with Crippen molar-refractivity contribution < 1.29 is 14.9 Å². The van der Waals surface area contributed by atoms with Gasteiger partial charge in [0.25, 0.3) is 0 Å². The summed E-state index contributed by atoms with van der Waals surface area (Å²) in [6.07, 6.45) is 0. The van der Waals surface area contributed by atoms with Crippen molar-refractivity contribution in [2.75, 3.05) is 31.4 Å². The Bertz CT molecular complexity index is 317. The minimum atomic E-state index is -0.482. The van der Waals surface area contributed by atoms with Crippen LogP contribution in [0.4, 0.5) is 11.8 Å². The number of ether oxygens (including phenoxy) is 1. The lowest BCUT2D eigenvalue weighted by Gasteiger charge is -2.14. The number of aliphatic hydroxyl groups is 2. The molecule has 0 spiro atoms. The predicted molar refractivity (Wildman–Crippen MR) is 54.6 cm³/mol. The van der Waals surface area contributed by atoms with Crippen LogP contribution in [-0.4, -0.2) is 46.5 Å². The number of rotatable bonds is 5. The molecule has 7 heteroatoms. The normalized spacial score (nSPS) is 10.4. The van der Waals surface area contributed by atoms with E-state index in [0.717, 1.165) is 0 Å². The number of hydrogen-bond acceptors (Lipinski definition) is 7. The molecule has 15 heavy (non-hydrogen) atoms. The molecular formula is C8H14N4O3. The molecule has 0 aliphatic carbocycles. The van der Waals surface area contributed by atoms with Gasteiger partial charge in [-0.25, -0.2) is 0 Å². The maximum atomic E-state index is 8.85. The third-order valence-corrected chi connectivity index (χ3v) is 1.72. The quantitative estimate of drug-likeness (QED) is 0.488. The number of nitrogen functional groups attached to an aromatic ring is 1. The van der Waals surface area contributed by atoms with Crippen LogP contribution in [0.1, 0.15) is 0 Å². The molecule has 5 N–H and O–H groups in total. The number of hydrogen-bond donors (Lipinski definition) is 4. The van der Waals surface area contributed by atoms with Gasteiger partial charge in [0, 0.05) is 6.07 Å². The van der Waals surface area contributed by atoms with Gasteiger partial charge in [0.2, 0.25) is 11.8 Å². The van der Waals surface area contributed by atoms with Crippen LogP contribution in [0.3, 0.4) is 0 Å². The first-order valence-electron chi connectivity index (χ1n) is 4.36. The first-order chi connectivity index (χ1) is 7.19. The molecule has 1 aromatic heterocycles. The van der Waals surface area contributed by atoms with Crippen LogP contribution >= 0.6 is 0 Å². The van der Waals surface area contributed by atoms with Crippen molar-refractivity contribution >= 4 is 11.8 Å². The first-order valence-corrected chi connectivity index (χ1v) is 4.36. The molecule has 84 valence electrons. The van der Waals surface area contributed by atoms with Gasteiger partial charge in [0.1, 0.15) is 5.82 Å². The molecule has 0 unspecified atom stereocenters. The fraction of sp³-hybridized carbons (Fsp3) is 0.500. The topological polar surface area (TPSA) is 114 Å². The van der Waals surface area contributed by atoms with Gasteiger partial charge < -0.3 is 26.0 Å². The molecule has 0 saturated heterocycles. The van der Waals surface area contributed by atoms with Gasteiger partial charge in [-0.15, -0.1) is 0 Å². The third-order valence-electron chi connectivity index (χ3n) is 1.72. The smallest absolute Gasteiger partial charge is 0.225 e. The Morgan fingerprint density at radius 2 is 2.13 bits per heavy atom. The highest BCUT2D eigenvalue weighted by Crippen LogP contribution is 2.14. The minimum absolute atomic E-state index is 0.0616. The Morgan fingerprint density at radius 1 is 1.47 bits per heavy atom. The summed E-state index contributed by atoms with van der Waals surface area (Å²) in [5.41, 5.74) is 5.43. The van der Waals surface area contributed by atoms with Crippen molar-refractivity contribution in [1.29, 1.82) is 0 Å². The summed E-state index contributed by atoms with van der Waals surface area (Å²) in [5.74, 6) is 0.776. The van der Waals surface area contributed by atoms with Gasteiger partial charge >= 0.3 is 0 Å². The molecule has 1 aromatic rings. The number of methoxy groups -OCH3 is 1. The number of nitrogens with two attached hydrogens (primary N) is 1. The maximum absolute atomic E-state index is 8.85. The average molecular weight is 214 g/mol. The van der Waals surface area contributed by atoms with Gasteiger partial charge in [-0.3, -0.25) is 0 Å². The number of aliphatic hydroxyl groups excluding tert-OH is 2. The van der Waals surface area contributed by atoms with Crippen LogP contribution in [-0.2, 0) is 0 Å². The Kier molecular flexibility index (Phi) is 4.07. The van der Waals surface area contributed by atoms with Crippen LogP contribution in [0.15, 0.2) is 6.07 Å². The third kappa shape index (κ3) is 3.22. The van der Waals surface area contributed by atoms with Gasteiger partial charge in [-0.2, -0.15) is 9.97 Å². The van der Waals surface area contributed by atoms with Gasteiger partial charge in [-0.1, -0.05) is 0 Å². The van der Waals surface area contributed by atoms with E-state index in [9.17, 15) is 0 Å². The molecule has 1 rings (SSSR count). The zero-order valence-corrected chi connectivity index (χ0v) is 8.34. The van der Waals surface area contributed by atoms with Gasteiger partial charge in [0.15, 0.2) is 0 Å². The summed E-state index contributed by atoms with van der Waals surface area (Å²) in [7, 11) is 1.46. The van der Waals surface area contributed by atoms with Crippen molar-refractivity contribution in [2.24, 2.45) is 0 Å². The Hall–Kier alpha value is -1.60. The summed E-state index contributed by atoms with van der Waals surface area (Å²) >= 11 is 0. The maximum Gasteiger partial charge on any atom is 0.225 e. The van der Waals surface area contributed by atoms with Crippen molar-refractivity contribution in [3.8, 4) is 5.88 Å². The van der Waals surface area contributed by atoms with E-state index in [4.69, 9.17) is 20.7 Å². The molecule has 7 nitrogen and oxygen atoms in total. The Balaban J connectivity index is 2.79. The summed E-state index contributed by atoms with van der Waals surface area (Å²) in [6, 6.07) is 1.04. The molecule has 0 bridgehead atoms. The summed E-state index contributed by atoms with van der Waals surface area (Å²) < 4.78 is 4.89. The summed E-state index contributed by atoms with van der Waals surface area (Å²) in [6.45, 7) is -0.411. The van der Waals surface area contributed by atoms with E-state index in [1.165, 1.54) is 13.2 Å². The molecule has 0 aliphatic rings. The monoisotopic (exact) mass is 214 g/mol. The van der Waals surface area contributed by atoms with Gasteiger partial charge in [-0.05, 0) is 0 Å². The lowest BCUT2D eigenvalue weighted by molar-refractivity contribution is 0.203. The summed E-state index contributed by atoms with van der Waals surface area (Å²) in [5, 5.41) is 20.5. The molecule has 0 aliphatic heterocycles. The average Bonchev–Trinajstić information content (AvgIpc) is 2.25. The standard InChI is InChI=1S/C8H14N4O3/c1-15-7-2-6(11-8(9)12-7)10-5(3-13)4-14/h2,5,13-14H,3-4H2,1H3,(H3,9,10,11,12). The van der Waals surface area contributed by atoms with E-state index < -0.39 is 6.04 Å². The van der Waals surface area contributed by atoms with Crippen LogP contribution in [0.2, 0.25) is 0 Å². The number of nitrogens with one attached hydrogen (secondary N) is 1. The van der Waals surface area contributed by atoms with Crippen LogP contribution in [0.25, 0.3) is 0 Å². The Labute approximate surface area is 86.9 Å². The van der Waals surface area contributed by atoms with Crippen molar-refractivity contribution in [3.63, 3.8) is 0 Å². The SMILES string of the molecule is COc1cc(NC(CO)CO)nc(N)n1. The van der Waals surface area contributed by atoms with Crippen LogP contribution < -0.4 is 15.8 Å². The highest BCUT2D eigenvalue weighted by molar-refractivity contribution is 5.43. The zero-order chi connectivity index (χ0) is 11.3. The number of anilines is 2. The second-order valence-corrected chi connectivity index (χ2v) is 2.86. The van der Waals surface area contributed by atoms with Crippen molar-refractivity contribution in [2.45, 2.75) is 6.04 Å². The van der Waals surface area contributed by atoms with E-state index >= 15 is 0 Å². The molecule has 0 atom stereocenters. The van der Waals surface area contributed by atoms with Gasteiger partial charge in [0.05, 0.1) is 26.4 Å². The first kappa shape index (κ1) is 11.5. The number of nitrogens with zero attached hydrogens (tertiary/aromatic N) is 2. The fourth-order valence-electron chi connectivity index (χ4n) is 0.979. The molecular weight excluding hydrogens is 200 g/mol.